The molecule has 3 heteroatoms. The molecule has 0 bridgehead atoms. The van der Waals surface area contributed by atoms with Gasteiger partial charge < -0.3 is 14.6 Å². The summed E-state index contributed by atoms with van der Waals surface area (Å²) in [7, 11) is 0. The number of aliphatic hydroxyl groups is 1. The molecule has 19 heavy (non-hydrogen) atoms. The zero-order valence-corrected chi connectivity index (χ0v) is 12.2. The third-order valence-corrected chi connectivity index (χ3v) is 5.67. The van der Waals surface area contributed by atoms with Gasteiger partial charge in [-0.25, -0.2) is 0 Å². The molecule has 2 heterocycles. The Balaban J connectivity index is 1.70. The molecule has 0 aromatic carbocycles. The van der Waals surface area contributed by atoms with E-state index in [2.05, 4.69) is 6.92 Å². The van der Waals surface area contributed by atoms with Crippen LogP contribution >= 0.6 is 0 Å². The van der Waals surface area contributed by atoms with E-state index in [9.17, 15) is 5.11 Å². The summed E-state index contributed by atoms with van der Waals surface area (Å²) in [5, 5.41) is 11.1. The van der Waals surface area contributed by atoms with Crippen molar-refractivity contribution in [2.24, 2.45) is 11.8 Å². The summed E-state index contributed by atoms with van der Waals surface area (Å²) >= 11 is 0. The molecule has 3 aliphatic rings. The summed E-state index contributed by atoms with van der Waals surface area (Å²) in [6.07, 6.45) is 8.55. The molecular weight excluding hydrogens is 240 g/mol. The highest BCUT2D eigenvalue weighted by atomic mass is 16.5. The third-order valence-electron chi connectivity index (χ3n) is 5.67. The molecule has 3 rings (SSSR count). The lowest BCUT2D eigenvalue weighted by Crippen LogP contribution is -2.52. The van der Waals surface area contributed by atoms with Crippen LogP contribution < -0.4 is 0 Å². The molecule has 3 nitrogen and oxygen atoms in total. The molecule has 3 fully saturated rings. The summed E-state index contributed by atoms with van der Waals surface area (Å²) in [6.45, 7) is 4.75. The lowest BCUT2D eigenvalue weighted by molar-refractivity contribution is -0.182. The van der Waals surface area contributed by atoms with Crippen molar-refractivity contribution >= 4 is 0 Å². The fourth-order valence-corrected chi connectivity index (χ4v) is 4.51. The number of rotatable bonds is 1. The topological polar surface area (TPSA) is 38.7 Å². The summed E-state index contributed by atoms with van der Waals surface area (Å²) in [5.74, 6) is 1.11. The van der Waals surface area contributed by atoms with Crippen LogP contribution in [-0.4, -0.2) is 36.1 Å². The van der Waals surface area contributed by atoms with E-state index in [-0.39, 0.29) is 5.60 Å². The maximum atomic E-state index is 11.1. The van der Waals surface area contributed by atoms with E-state index in [1.54, 1.807) is 0 Å². The predicted octanol–water partition coefficient (Wildman–Crippen LogP) is 2.90. The van der Waals surface area contributed by atoms with Gasteiger partial charge in [-0.05, 0) is 50.4 Å². The van der Waals surface area contributed by atoms with E-state index in [1.807, 2.05) is 0 Å². The quantitative estimate of drug-likeness (QED) is 0.794. The van der Waals surface area contributed by atoms with Gasteiger partial charge in [0.2, 0.25) is 0 Å². The molecule has 110 valence electrons. The summed E-state index contributed by atoms with van der Waals surface area (Å²) in [6, 6.07) is 0. The van der Waals surface area contributed by atoms with Crippen LogP contribution in [0.25, 0.3) is 0 Å². The highest BCUT2D eigenvalue weighted by molar-refractivity contribution is 4.98. The average Bonchev–Trinajstić information content (AvgIpc) is 2.39. The lowest BCUT2D eigenvalue weighted by Gasteiger charge is -2.50. The van der Waals surface area contributed by atoms with Crippen molar-refractivity contribution in [2.75, 3.05) is 19.8 Å². The Morgan fingerprint density at radius 1 is 1.00 bits per heavy atom. The fourth-order valence-electron chi connectivity index (χ4n) is 4.51. The minimum Gasteiger partial charge on any atom is -0.390 e. The fraction of sp³-hybridized carbons (Fsp3) is 1.00. The van der Waals surface area contributed by atoms with Gasteiger partial charge in [0.1, 0.15) is 0 Å². The van der Waals surface area contributed by atoms with E-state index in [0.717, 1.165) is 58.3 Å². The number of ether oxygens (including phenoxy) is 2. The number of hydrogen-bond donors (Lipinski definition) is 1. The molecular formula is C16H28O3. The molecule has 0 aromatic heterocycles. The molecule has 3 atom stereocenters. The van der Waals surface area contributed by atoms with Gasteiger partial charge in [0, 0.05) is 19.8 Å². The van der Waals surface area contributed by atoms with E-state index >= 15 is 0 Å². The van der Waals surface area contributed by atoms with Crippen molar-refractivity contribution in [1.29, 1.82) is 0 Å². The maximum absolute atomic E-state index is 11.1. The minimum atomic E-state index is -0.424. The van der Waals surface area contributed by atoms with Crippen molar-refractivity contribution in [3.8, 4) is 0 Å². The van der Waals surface area contributed by atoms with Crippen molar-refractivity contribution in [3.05, 3.63) is 0 Å². The zero-order valence-electron chi connectivity index (χ0n) is 12.2. The summed E-state index contributed by atoms with van der Waals surface area (Å²) in [4.78, 5) is 0. The first kappa shape index (κ1) is 13.8. The zero-order chi connectivity index (χ0) is 13.3. The highest BCUT2D eigenvalue weighted by Crippen LogP contribution is 2.46. The first-order valence-corrected chi connectivity index (χ1v) is 8.06. The molecule has 3 unspecified atom stereocenters. The van der Waals surface area contributed by atoms with E-state index in [1.165, 1.54) is 12.8 Å². The average molecular weight is 268 g/mol. The maximum Gasteiger partial charge on any atom is 0.0730 e. The second-order valence-corrected chi connectivity index (χ2v) is 7.14. The summed E-state index contributed by atoms with van der Waals surface area (Å²) < 4.78 is 11.6. The van der Waals surface area contributed by atoms with Gasteiger partial charge in [0.05, 0.1) is 11.2 Å². The first-order chi connectivity index (χ1) is 9.12. The Morgan fingerprint density at radius 2 is 1.79 bits per heavy atom. The normalized spacial score (nSPS) is 43.3. The van der Waals surface area contributed by atoms with Gasteiger partial charge in [-0.2, -0.15) is 0 Å². The van der Waals surface area contributed by atoms with Gasteiger partial charge in [0.25, 0.3) is 0 Å². The van der Waals surface area contributed by atoms with Crippen molar-refractivity contribution < 1.29 is 14.6 Å². The second-order valence-electron chi connectivity index (χ2n) is 7.14. The smallest absolute Gasteiger partial charge is 0.0730 e. The van der Waals surface area contributed by atoms with Gasteiger partial charge >= 0.3 is 0 Å². The van der Waals surface area contributed by atoms with Gasteiger partial charge in [-0.3, -0.25) is 0 Å². The van der Waals surface area contributed by atoms with Gasteiger partial charge in [0.15, 0.2) is 0 Å². The highest BCUT2D eigenvalue weighted by Gasteiger charge is 2.47. The Morgan fingerprint density at radius 3 is 2.53 bits per heavy atom. The second kappa shape index (κ2) is 5.34. The molecule has 0 amide bonds. The van der Waals surface area contributed by atoms with Crippen molar-refractivity contribution in [3.63, 3.8) is 0 Å². The third kappa shape index (κ3) is 2.84. The van der Waals surface area contributed by atoms with Crippen LogP contribution in [0.1, 0.15) is 58.3 Å². The van der Waals surface area contributed by atoms with Gasteiger partial charge in [-0.1, -0.05) is 19.8 Å². The number of hydrogen-bond acceptors (Lipinski definition) is 3. The molecule has 1 N–H and O–H groups in total. The van der Waals surface area contributed by atoms with Crippen LogP contribution in [0.15, 0.2) is 0 Å². The van der Waals surface area contributed by atoms with Crippen LogP contribution in [0, 0.1) is 11.8 Å². The Hall–Kier alpha value is -0.120. The Kier molecular flexibility index (Phi) is 3.89. The minimum absolute atomic E-state index is 0.0115. The van der Waals surface area contributed by atoms with Crippen molar-refractivity contribution in [1.82, 2.24) is 0 Å². The van der Waals surface area contributed by atoms with E-state index in [0.29, 0.717) is 11.8 Å². The van der Waals surface area contributed by atoms with E-state index in [4.69, 9.17) is 9.47 Å². The summed E-state index contributed by atoms with van der Waals surface area (Å²) in [5.41, 5.74) is -0.412. The van der Waals surface area contributed by atoms with Crippen LogP contribution in [-0.2, 0) is 9.47 Å². The molecule has 1 saturated carbocycles. The molecule has 0 radical (unpaired) electrons. The molecule has 2 aliphatic heterocycles. The van der Waals surface area contributed by atoms with Crippen LogP contribution in [0.3, 0.4) is 0 Å². The van der Waals surface area contributed by atoms with Crippen LogP contribution in [0.2, 0.25) is 0 Å². The lowest BCUT2D eigenvalue weighted by atomic mass is 9.66. The van der Waals surface area contributed by atoms with Crippen molar-refractivity contribution in [2.45, 2.75) is 69.5 Å². The van der Waals surface area contributed by atoms with Gasteiger partial charge in [-0.15, -0.1) is 0 Å². The predicted molar refractivity (Wildman–Crippen MR) is 74.0 cm³/mol. The van der Waals surface area contributed by atoms with E-state index < -0.39 is 5.60 Å². The SMILES string of the molecule is CC1CCCC(O)(C2CCOC3(CCOCC3)C2)C1. The molecule has 1 spiro atoms. The van der Waals surface area contributed by atoms with Crippen LogP contribution in [0.5, 0.6) is 0 Å². The monoisotopic (exact) mass is 268 g/mol. The Bertz CT molecular complexity index is 306. The Labute approximate surface area is 116 Å². The molecule has 2 saturated heterocycles. The van der Waals surface area contributed by atoms with Crippen LogP contribution in [0.4, 0.5) is 0 Å². The first-order valence-electron chi connectivity index (χ1n) is 8.06. The molecule has 1 aliphatic carbocycles. The molecule has 0 aromatic rings. The largest absolute Gasteiger partial charge is 0.390 e. The standard InChI is InChI=1S/C16H28O3/c1-13-3-2-5-16(17,11-13)14-4-8-19-15(12-14)6-9-18-10-7-15/h13-14,17H,2-12H2,1H3.